The summed E-state index contributed by atoms with van der Waals surface area (Å²) in [6.07, 6.45) is 2.60. The van der Waals surface area contributed by atoms with Gasteiger partial charge in [-0.2, -0.15) is 0 Å². The van der Waals surface area contributed by atoms with Gasteiger partial charge in [0.15, 0.2) is 0 Å². The van der Waals surface area contributed by atoms with Gasteiger partial charge in [0.05, 0.1) is 0 Å². The molecule has 2 aromatic rings. The Morgan fingerprint density at radius 3 is 2.09 bits per heavy atom. The van der Waals surface area contributed by atoms with Crippen LogP contribution in [0.25, 0.3) is 0 Å². The highest BCUT2D eigenvalue weighted by molar-refractivity contribution is 5.28. The molecule has 0 radical (unpaired) electrons. The summed E-state index contributed by atoms with van der Waals surface area (Å²) in [5.41, 5.74) is 4.02. The Morgan fingerprint density at radius 2 is 1.45 bits per heavy atom. The highest BCUT2D eigenvalue weighted by atomic mass is 19.1. The first-order valence-electron chi connectivity index (χ1n) is 8.28. The third-order valence-corrected chi connectivity index (χ3v) is 4.57. The van der Waals surface area contributed by atoms with Crippen molar-refractivity contribution in [3.05, 3.63) is 71.3 Å². The van der Waals surface area contributed by atoms with E-state index < -0.39 is 6.17 Å². The molecule has 1 heterocycles. The SMILES string of the molecule is FC(CCN1CCc2ccccc2CC1)Cc1ccccc1. The van der Waals surface area contributed by atoms with Crippen LogP contribution in [0.2, 0.25) is 0 Å². The summed E-state index contributed by atoms with van der Waals surface area (Å²) in [6.45, 7) is 2.96. The summed E-state index contributed by atoms with van der Waals surface area (Å²) < 4.78 is 14.2. The second kappa shape index (κ2) is 7.55. The van der Waals surface area contributed by atoms with E-state index in [9.17, 15) is 4.39 Å². The van der Waals surface area contributed by atoms with Gasteiger partial charge in [-0.3, -0.25) is 0 Å². The Labute approximate surface area is 132 Å². The van der Waals surface area contributed by atoms with Gasteiger partial charge in [0, 0.05) is 26.1 Å². The third kappa shape index (κ3) is 4.17. The van der Waals surface area contributed by atoms with Crippen molar-refractivity contribution >= 4 is 0 Å². The third-order valence-electron chi connectivity index (χ3n) is 4.57. The van der Waals surface area contributed by atoms with Crippen LogP contribution < -0.4 is 0 Å². The molecule has 0 aromatic heterocycles. The monoisotopic (exact) mass is 297 g/mol. The molecule has 0 saturated heterocycles. The summed E-state index contributed by atoms with van der Waals surface area (Å²) in [7, 11) is 0. The first-order valence-corrected chi connectivity index (χ1v) is 8.28. The maximum Gasteiger partial charge on any atom is 0.105 e. The minimum atomic E-state index is -0.743. The molecule has 0 saturated carbocycles. The Balaban J connectivity index is 1.46. The lowest BCUT2D eigenvalue weighted by molar-refractivity contribution is 0.229. The second-order valence-corrected chi connectivity index (χ2v) is 6.19. The van der Waals surface area contributed by atoms with Gasteiger partial charge in [0.25, 0.3) is 0 Å². The molecular weight excluding hydrogens is 273 g/mol. The van der Waals surface area contributed by atoms with Gasteiger partial charge < -0.3 is 4.90 Å². The van der Waals surface area contributed by atoms with Crippen LogP contribution in [-0.4, -0.2) is 30.7 Å². The van der Waals surface area contributed by atoms with Crippen LogP contribution in [0.3, 0.4) is 0 Å². The van der Waals surface area contributed by atoms with Crippen LogP contribution in [0.4, 0.5) is 4.39 Å². The van der Waals surface area contributed by atoms with Crippen LogP contribution in [0, 0.1) is 0 Å². The standard InChI is InChI=1S/C20H24FN/c21-20(16-17-6-2-1-3-7-17)12-15-22-13-10-18-8-4-5-9-19(18)11-14-22/h1-9,20H,10-16H2. The fourth-order valence-electron chi connectivity index (χ4n) is 3.23. The second-order valence-electron chi connectivity index (χ2n) is 6.19. The highest BCUT2D eigenvalue weighted by Crippen LogP contribution is 2.16. The molecule has 1 unspecified atom stereocenters. The van der Waals surface area contributed by atoms with E-state index in [1.165, 1.54) is 11.1 Å². The molecule has 1 aliphatic rings. The zero-order valence-electron chi connectivity index (χ0n) is 13.0. The molecule has 2 heteroatoms. The zero-order valence-corrected chi connectivity index (χ0v) is 13.0. The zero-order chi connectivity index (χ0) is 15.2. The molecule has 0 amide bonds. The lowest BCUT2D eigenvalue weighted by Gasteiger charge is -2.20. The van der Waals surface area contributed by atoms with Crippen LogP contribution in [0.1, 0.15) is 23.1 Å². The average molecular weight is 297 g/mol. The van der Waals surface area contributed by atoms with E-state index in [-0.39, 0.29) is 0 Å². The van der Waals surface area contributed by atoms with Crippen molar-refractivity contribution in [3.8, 4) is 0 Å². The topological polar surface area (TPSA) is 3.24 Å². The van der Waals surface area contributed by atoms with E-state index in [1.54, 1.807) is 0 Å². The number of benzene rings is 2. The van der Waals surface area contributed by atoms with Gasteiger partial charge in [-0.15, -0.1) is 0 Å². The van der Waals surface area contributed by atoms with Gasteiger partial charge >= 0.3 is 0 Å². The minimum Gasteiger partial charge on any atom is -0.303 e. The molecule has 3 rings (SSSR count). The van der Waals surface area contributed by atoms with Crippen LogP contribution in [0.15, 0.2) is 54.6 Å². The van der Waals surface area contributed by atoms with E-state index >= 15 is 0 Å². The fraction of sp³-hybridized carbons (Fsp3) is 0.400. The van der Waals surface area contributed by atoms with Crippen molar-refractivity contribution in [2.45, 2.75) is 31.9 Å². The Hall–Kier alpha value is -1.67. The molecule has 1 aliphatic heterocycles. The molecule has 116 valence electrons. The summed E-state index contributed by atoms with van der Waals surface area (Å²) in [6, 6.07) is 18.6. The number of nitrogens with zero attached hydrogens (tertiary/aromatic N) is 1. The summed E-state index contributed by atoms with van der Waals surface area (Å²) in [5, 5.41) is 0. The molecule has 22 heavy (non-hydrogen) atoms. The van der Waals surface area contributed by atoms with Crippen LogP contribution in [-0.2, 0) is 19.3 Å². The van der Waals surface area contributed by atoms with E-state index in [1.807, 2.05) is 30.3 Å². The lowest BCUT2D eigenvalue weighted by Crippen LogP contribution is -2.29. The summed E-state index contributed by atoms with van der Waals surface area (Å²) in [4.78, 5) is 2.41. The number of fused-ring (bicyclic) bond motifs is 1. The molecule has 0 aliphatic carbocycles. The molecule has 0 bridgehead atoms. The lowest BCUT2D eigenvalue weighted by atomic mass is 10.0. The predicted molar refractivity (Wildman–Crippen MR) is 89.9 cm³/mol. The minimum absolute atomic E-state index is 0.537. The van der Waals surface area contributed by atoms with Crippen molar-refractivity contribution in [1.29, 1.82) is 0 Å². The van der Waals surface area contributed by atoms with E-state index in [0.717, 1.165) is 38.0 Å². The highest BCUT2D eigenvalue weighted by Gasteiger charge is 2.15. The predicted octanol–water partition coefficient (Wildman–Crippen LogP) is 4.06. The van der Waals surface area contributed by atoms with Crippen molar-refractivity contribution in [2.75, 3.05) is 19.6 Å². The Morgan fingerprint density at radius 1 is 0.864 bits per heavy atom. The first-order chi connectivity index (χ1) is 10.8. The molecule has 2 aromatic carbocycles. The molecule has 0 spiro atoms. The molecular formula is C20H24FN. The Bertz CT molecular complexity index is 554. The largest absolute Gasteiger partial charge is 0.303 e. The summed E-state index contributed by atoms with van der Waals surface area (Å²) >= 11 is 0. The van der Waals surface area contributed by atoms with E-state index in [0.29, 0.717) is 12.8 Å². The normalized spacial score (nSPS) is 16.8. The van der Waals surface area contributed by atoms with Crippen LogP contribution >= 0.6 is 0 Å². The number of alkyl halides is 1. The van der Waals surface area contributed by atoms with Crippen LogP contribution in [0.5, 0.6) is 0 Å². The molecule has 1 atom stereocenters. The van der Waals surface area contributed by atoms with Gasteiger partial charge in [-0.25, -0.2) is 4.39 Å². The van der Waals surface area contributed by atoms with Crippen molar-refractivity contribution in [1.82, 2.24) is 4.90 Å². The smallest absolute Gasteiger partial charge is 0.105 e. The molecule has 0 N–H and O–H groups in total. The number of halogens is 1. The van der Waals surface area contributed by atoms with Crippen molar-refractivity contribution < 1.29 is 4.39 Å². The maximum atomic E-state index is 14.2. The van der Waals surface area contributed by atoms with Crippen molar-refractivity contribution in [3.63, 3.8) is 0 Å². The number of hydrogen-bond donors (Lipinski definition) is 0. The maximum absolute atomic E-state index is 14.2. The van der Waals surface area contributed by atoms with Gasteiger partial charge in [-0.1, -0.05) is 54.6 Å². The number of hydrogen-bond acceptors (Lipinski definition) is 1. The van der Waals surface area contributed by atoms with Gasteiger partial charge in [-0.05, 0) is 36.0 Å². The molecule has 0 fully saturated rings. The number of rotatable bonds is 5. The van der Waals surface area contributed by atoms with E-state index in [2.05, 4.69) is 29.2 Å². The molecule has 1 nitrogen and oxygen atoms in total. The summed E-state index contributed by atoms with van der Waals surface area (Å²) in [5.74, 6) is 0. The quantitative estimate of drug-likeness (QED) is 0.804. The average Bonchev–Trinajstić information content (AvgIpc) is 2.76. The van der Waals surface area contributed by atoms with Gasteiger partial charge in [0.2, 0.25) is 0 Å². The first kappa shape index (κ1) is 15.2. The van der Waals surface area contributed by atoms with Crippen molar-refractivity contribution in [2.24, 2.45) is 0 Å². The van der Waals surface area contributed by atoms with E-state index in [4.69, 9.17) is 0 Å². The fourth-order valence-corrected chi connectivity index (χ4v) is 3.23. The van der Waals surface area contributed by atoms with Gasteiger partial charge in [0.1, 0.15) is 6.17 Å². The Kier molecular flexibility index (Phi) is 5.23.